The van der Waals surface area contributed by atoms with E-state index in [9.17, 15) is 14.4 Å². The van der Waals surface area contributed by atoms with Gasteiger partial charge in [-0.2, -0.15) is 0 Å². The molecule has 1 N–H and O–H groups in total. The van der Waals surface area contributed by atoms with Crippen molar-refractivity contribution in [2.75, 3.05) is 0 Å². The van der Waals surface area contributed by atoms with Crippen LogP contribution in [0.25, 0.3) is 11.0 Å². The normalized spacial score (nSPS) is 11.9. The number of esters is 1. The van der Waals surface area contributed by atoms with Crippen molar-refractivity contribution in [3.05, 3.63) is 75.6 Å². The molecule has 1 aromatic heterocycles. The van der Waals surface area contributed by atoms with Gasteiger partial charge in [-0.15, -0.1) is 0 Å². The summed E-state index contributed by atoms with van der Waals surface area (Å²) in [5.74, 6) is -0.568. The molecule has 0 unspecified atom stereocenters. The minimum absolute atomic E-state index is 0.0928. The quantitative estimate of drug-likeness (QED) is 0.332. The second-order valence-electron chi connectivity index (χ2n) is 7.91. The Labute approximate surface area is 186 Å². The molecule has 0 spiro atoms. The van der Waals surface area contributed by atoms with Crippen LogP contribution < -0.4 is 15.7 Å². The minimum atomic E-state index is -0.914. The van der Waals surface area contributed by atoms with Crippen molar-refractivity contribution in [1.29, 1.82) is 0 Å². The molecule has 7 nitrogen and oxygen atoms in total. The molecule has 0 radical (unpaired) electrons. The molecule has 3 aromatic rings. The summed E-state index contributed by atoms with van der Waals surface area (Å²) in [7, 11) is 0. The van der Waals surface area contributed by atoms with Crippen LogP contribution in [0.3, 0.4) is 0 Å². The van der Waals surface area contributed by atoms with Crippen LogP contribution in [0.4, 0.5) is 4.79 Å². The highest BCUT2D eigenvalue weighted by Crippen LogP contribution is 2.28. The van der Waals surface area contributed by atoms with Crippen LogP contribution in [0.1, 0.15) is 37.5 Å². The standard InChI is InChI=1S/C25H27NO6/c1-5-18-12-19-16(4)11-22(27)31-21(19)13-20(18)32-24(28)23(15(2)3)26-25(29)30-14-17-9-7-6-8-10-17/h6-13,15,23H,5,14H2,1-4H3,(H,26,29)/t23-/m0/s1. The molecule has 0 aliphatic carbocycles. The van der Waals surface area contributed by atoms with Crippen LogP contribution in [-0.2, 0) is 22.6 Å². The molecule has 0 saturated carbocycles. The van der Waals surface area contributed by atoms with Crippen molar-refractivity contribution in [3.8, 4) is 5.75 Å². The number of carbonyl (C=O) groups is 2. The second kappa shape index (κ2) is 10.1. The summed E-state index contributed by atoms with van der Waals surface area (Å²) < 4.78 is 16.1. The molecule has 1 atom stereocenters. The van der Waals surface area contributed by atoms with Crippen molar-refractivity contribution in [1.82, 2.24) is 5.32 Å². The van der Waals surface area contributed by atoms with Gasteiger partial charge >= 0.3 is 17.7 Å². The number of carbonyl (C=O) groups excluding carboxylic acids is 2. The van der Waals surface area contributed by atoms with Crippen LogP contribution >= 0.6 is 0 Å². The molecule has 7 heteroatoms. The number of benzene rings is 2. The highest BCUT2D eigenvalue weighted by Gasteiger charge is 2.28. The van der Waals surface area contributed by atoms with Gasteiger partial charge in [0.15, 0.2) is 0 Å². The summed E-state index contributed by atoms with van der Waals surface area (Å²) in [6.45, 7) is 7.45. The van der Waals surface area contributed by atoms with Crippen LogP contribution in [0.5, 0.6) is 5.75 Å². The van der Waals surface area contributed by atoms with Gasteiger partial charge in [0.1, 0.15) is 24.0 Å². The number of hydrogen-bond acceptors (Lipinski definition) is 6. The SMILES string of the molecule is CCc1cc2c(C)cc(=O)oc2cc1OC(=O)[C@@H](NC(=O)OCc1ccccc1)C(C)C. The van der Waals surface area contributed by atoms with E-state index in [2.05, 4.69) is 5.32 Å². The van der Waals surface area contributed by atoms with Gasteiger partial charge in [-0.3, -0.25) is 0 Å². The Morgan fingerprint density at radius 1 is 1.09 bits per heavy atom. The molecular weight excluding hydrogens is 410 g/mol. The molecule has 32 heavy (non-hydrogen) atoms. The van der Waals surface area contributed by atoms with E-state index in [1.165, 1.54) is 6.07 Å². The average Bonchev–Trinajstić information content (AvgIpc) is 2.76. The van der Waals surface area contributed by atoms with Crippen molar-refractivity contribution < 1.29 is 23.5 Å². The first-order valence-corrected chi connectivity index (χ1v) is 10.5. The fourth-order valence-corrected chi connectivity index (χ4v) is 3.32. The predicted octanol–water partition coefficient (Wildman–Crippen LogP) is 4.52. The van der Waals surface area contributed by atoms with Gasteiger partial charge in [0, 0.05) is 17.5 Å². The number of amides is 1. The highest BCUT2D eigenvalue weighted by molar-refractivity contribution is 5.86. The van der Waals surface area contributed by atoms with E-state index in [1.54, 1.807) is 19.9 Å². The number of alkyl carbamates (subject to hydrolysis) is 1. The smallest absolute Gasteiger partial charge is 0.408 e. The third-order valence-corrected chi connectivity index (χ3v) is 5.13. The fourth-order valence-electron chi connectivity index (χ4n) is 3.32. The summed E-state index contributed by atoms with van der Waals surface area (Å²) in [5, 5.41) is 3.37. The summed E-state index contributed by atoms with van der Waals surface area (Å²) in [6.07, 6.45) is -0.101. The van der Waals surface area contributed by atoms with Crippen molar-refractivity contribution in [3.63, 3.8) is 0 Å². The third-order valence-electron chi connectivity index (χ3n) is 5.13. The van der Waals surface area contributed by atoms with E-state index >= 15 is 0 Å². The zero-order valence-corrected chi connectivity index (χ0v) is 18.6. The lowest BCUT2D eigenvalue weighted by molar-refractivity contribution is -0.137. The Morgan fingerprint density at radius 2 is 1.81 bits per heavy atom. The molecule has 1 amide bonds. The van der Waals surface area contributed by atoms with Crippen LogP contribution in [0, 0.1) is 12.8 Å². The Kier molecular flexibility index (Phi) is 7.30. The fraction of sp³-hybridized carbons (Fsp3) is 0.320. The van der Waals surface area contributed by atoms with Crippen molar-refractivity contribution in [2.45, 2.75) is 46.8 Å². The third kappa shape index (κ3) is 5.55. The van der Waals surface area contributed by atoms with E-state index in [1.807, 2.05) is 50.2 Å². The largest absolute Gasteiger partial charge is 0.445 e. The van der Waals surface area contributed by atoms with E-state index in [0.29, 0.717) is 17.8 Å². The molecule has 3 rings (SSSR count). The van der Waals surface area contributed by atoms with Crippen LogP contribution in [0.15, 0.2) is 57.7 Å². The summed E-state index contributed by atoms with van der Waals surface area (Å²) in [6, 6.07) is 13.2. The van der Waals surface area contributed by atoms with Gasteiger partial charge < -0.3 is 19.2 Å². The summed E-state index contributed by atoms with van der Waals surface area (Å²) >= 11 is 0. The van der Waals surface area contributed by atoms with Gasteiger partial charge in [-0.25, -0.2) is 14.4 Å². The topological polar surface area (TPSA) is 94.8 Å². The molecule has 2 aromatic carbocycles. The molecule has 0 aliphatic heterocycles. The maximum atomic E-state index is 12.9. The van der Waals surface area contributed by atoms with Gasteiger partial charge in [-0.1, -0.05) is 51.1 Å². The van der Waals surface area contributed by atoms with Gasteiger partial charge in [0.25, 0.3) is 0 Å². The first-order chi connectivity index (χ1) is 15.3. The maximum Gasteiger partial charge on any atom is 0.408 e. The summed E-state index contributed by atoms with van der Waals surface area (Å²) in [4.78, 5) is 36.9. The van der Waals surface area contributed by atoms with Gasteiger partial charge in [0.2, 0.25) is 0 Å². The zero-order chi connectivity index (χ0) is 23.3. The minimum Gasteiger partial charge on any atom is -0.445 e. The Bertz CT molecular complexity index is 1170. The van der Waals surface area contributed by atoms with E-state index in [4.69, 9.17) is 13.9 Å². The monoisotopic (exact) mass is 437 g/mol. The lowest BCUT2D eigenvalue weighted by Crippen LogP contribution is -2.46. The highest BCUT2D eigenvalue weighted by atomic mass is 16.6. The molecule has 0 fully saturated rings. The maximum absolute atomic E-state index is 12.9. The first-order valence-electron chi connectivity index (χ1n) is 10.5. The lowest BCUT2D eigenvalue weighted by Gasteiger charge is -2.21. The van der Waals surface area contributed by atoms with Crippen LogP contribution in [-0.4, -0.2) is 18.1 Å². The summed E-state index contributed by atoms with van der Waals surface area (Å²) in [5.41, 5.74) is 2.28. The number of nitrogens with one attached hydrogen (secondary N) is 1. The molecule has 0 aliphatic rings. The lowest BCUT2D eigenvalue weighted by atomic mass is 10.0. The van der Waals surface area contributed by atoms with Gasteiger partial charge in [0.05, 0.1) is 0 Å². The van der Waals surface area contributed by atoms with E-state index in [-0.39, 0.29) is 12.5 Å². The number of aryl methyl sites for hydroxylation is 2. The number of ether oxygens (including phenoxy) is 2. The Balaban J connectivity index is 1.76. The molecule has 1 heterocycles. The predicted molar refractivity (Wildman–Crippen MR) is 121 cm³/mol. The molecule has 0 bridgehead atoms. The van der Waals surface area contributed by atoms with E-state index in [0.717, 1.165) is 22.1 Å². The van der Waals surface area contributed by atoms with Gasteiger partial charge in [-0.05, 0) is 42.0 Å². The van der Waals surface area contributed by atoms with Crippen molar-refractivity contribution in [2.24, 2.45) is 5.92 Å². The molecule has 0 saturated heterocycles. The molecular formula is C25H27NO6. The number of hydrogen-bond donors (Lipinski definition) is 1. The van der Waals surface area contributed by atoms with Crippen LogP contribution in [0.2, 0.25) is 0 Å². The Morgan fingerprint density at radius 3 is 2.47 bits per heavy atom. The first kappa shape index (κ1) is 23.1. The second-order valence-corrected chi connectivity index (χ2v) is 7.91. The number of fused-ring (bicyclic) bond motifs is 1. The Hall–Kier alpha value is -3.61. The van der Waals surface area contributed by atoms with E-state index < -0.39 is 23.7 Å². The van der Waals surface area contributed by atoms with Crippen molar-refractivity contribution >= 4 is 23.0 Å². The molecule has 168 valence electrons. The number of rotatable bonds is 7. The zero-order valence-electron chi connectivity index (χ0n) is 18.6. The average molecular weight is 437 g/mol.